The van der Waals surface area contributed by atoms with E-state index in [-0.39, 0.29) is 0 Å². The topological polar surface area (TPSA) is 74.5 Å². The molecule has 2 fully saturated rings. The van der Waals surface area contributed by atoms with E-state index in [4.69, 9.17) is 5.11 Å². The maximum atomic E-state index is 10.9. The Hall–Kier alpha value is -1.15. The zero-order valence-corrected chi connectivity index (χ0v) is 13.0. The van der Waals surface area contributed by atoms with Gasteiger partial charge in [0, 0.05) is 32.2 Å². The number of hydrogen-bond donors (Lipinski definition) is 1. The van der Waals surface area contributed by atoms with Gasteiger partial charge >= 0.3 is 6.09 Å². The highest BCUT2D eigenvalue weighted by molar-refractivity contribution is 9.10. The molecule has 7 nitrogen and oxygen atoms in total. The molecular weight excluding hydrogens is 326 g/mol. The van der Waals surface area contributed by atoms with Crippen molar-refractivity contribution in [2.45, 2.75) is 31.8 Å². The molecular formula is C12H18BrN5O2. The first-order valence-electron chi connectivity index (χ1n) is 6.85. The van der Waals surface area contributed by atoms with Gasteiger partial charge in [0.05, 0.1) is 11.7 Å². The lowest BCUT2D eigenvalue weighted by Crippen LogP contribution is -2.55. The lowest BCUT2D eigenvalue weighted by atomic mass is 9.85. The molecule has 3 rings (SSSR count). The molecule has 1 aromatic rings. The van der Waals surface area contributed by atoms with Crippen LogP contribution in [0.25, 0.3) is 0 Å². The Morgan fingerprint density at radius 3 is 2.40 bits per heavy atom. The zero-order chi connectivity index (χ0) is 14.3. The highest BCUT2D eigenvalue weighted by atomic mass is 79.9. The van der Waals surface area contributed by atoms with Gasteiger partial charge < -0.3 is 10.0 Å². The monoisotopic (exact) mass is 343 g/mol. The highest BCUT2D eigenvalue weighted by Gasteiger charge is 2.37. The Bertz CT molecular complexity index is 506. The van der Waals surface area contributed by atoms with E-state index in [1.54, 1.807) is 0 Å². The maximum absolute atomic E-state index is 10.9. The average molecular weight is 344 g/mol. The van der Waals surface area contributed by atoms with Crippen molar-refractivity contribution in [2.24, 2.45) is 0 Å². The number of amides is 1. The van der Waals surface area contributed by atoms with Crippen LogP contribution in [0.2, 0.25) is 0 Å². The number of carboxylic acid groups (broad SMARTS) is 1. The summed E-state index contributed by atoms with van der Waals surface area (Å²) in [5, 5.41) is 17.1. The van der Waals surface area contributed by atoms with Crippen LogP contribution in [-0.2, 0) is 0 Å². The quantitative estimate of drug-likeness (QED) is 0.877. The van der Waals surface area contributed by atoms with Crippen LogP contribution >= 0.6 is 15.9 Å². The number of rotatable bonds is 2. The number of piperazine rings is 1. The fourth-order valence-electron chi connectivity index (χ4n) is 3.00. The molecule has 2 aliphatic rings. The van der Waals surface area contributed by atoms with E-state index in [0.717, 1.165) is 36.2 Å². The van der Waals surface area contributed by atoms with E-state index in [9.17, 15) is 4.79 Å². The SMILES string of the molecule is Cc1c(Br)nnn1[C@H]1C[C@H](N2CCN(C(=O)O)CC2)C1. The van der Waals surface area contributed by atoms with E-state index < -0.39 is 6.09 Å². The predicted molar refractivity (Wildman–Crippen MR) is 75.7 cm³/mol. The molecule has 110 valence electrons. The highest BCUT2D eigenvalue weighted by Crippen LogP contribution is 2.37. The van der Waals surface area contributed by atoms with Gasteiger partial charge in [-0.25, -0.2) is 9.48 Å². The van der Waals surface area contributed by atoms with Gasteiger partial charge in [-0.1, -0.05) is 5.21 Å². The fraction of sp³-hybridized carbons (Fsp3) is 0.750. The third kappa shape index (κ3) is 2.42. The van der Waals surface area contributed by atoms with Crippen molar-refractivity contribution in [2.75, 3.05) is 26.2 Å². The Morgan fingerprint density at radius 2 is 1.90 bits per heavy atom. The molecule has 1 N–H and O–H groups in total. The van der Waals surface area contributed by atoms with Gasteiger partial charge in [0.15, 0.2) is 4.60 Å². The molecule has 1 aliphatic carbocycles. The molecule has 20 heavy (non-hydrogen) atoms. The molecule has 1 aromatic heterocycles. The molecule has 1 aliphatic heterocycles. The van der Waals surface area contributed by atoms with Gasteiger partial charge in [-0.2, -0.15) is 0 Å². The molecule has 0 atom stereocenters. The summed E-state index contributed by atoms with van der Waals surface area (Å²) in [7, 11) is 0. The van der Waals surface area contributed by atoms with Gasteiger partial charge in [-0.3, -0.25) is 4.90 Å². The predicted octanol–water partition coefficient (Wildman–Crippen LogP) is 1.35. The summed E-state index contributed by atoms with van der Waals surface area (Å²) in [6, 6.07) is 0.981. The van der Waals surface area contributed by atoms with Crippen LogP contribution in [-0.4, -0.2) is 68.2 Å². The van der Waals surface area contributed by atoms with E-state index in [1.165, 1.54) is 4.90 Å². The molecule has 8 heteroatoms. The summed E-state index contributed by atoms with van der Waals surface area (Å²) in [5.41, 5.74) is 1.07. The Labute approximate surface area is 125 Å². The molecule has 1 saturated heterocycles. The fourth-order valence-corrected chi connectivity index (χ4v) is 3.26. The van der Waals surface area contributed by atoms with E-state index >= 15 is 0 Å². The van der Waals surface area contributed by atoms with Crippen LogP contribution in [0.15, 0.2) is 4.60 Å². The Kier molecular flexibility index (Phi) is 3.68. The van der Waals surface area contributed by atoms with E-state index in [2.05, 4.69) is 31.1 Å². The standard InChI is InChI=1S/C12H18BrN5O2/c1-8-11(13)14-15-18(8)10-6-9(7-10)16-2-4-17(5-3-16)12(19)20/h9-10H,2-7H2,1H3,(H,19,20)/t9-,10-. The smallest absolute Gasteiger partial charge is 0.407 e. The zero-order valence-electron chi connectivity index (χ0n) is 11.4. The van der Waals surface area contributed by atoms with Crippen LogP contribution in [0, 0.1) is 6.92 Å². The van der Waals surface area contributed by atoms with Crippen LogP contribution in [0.4, 0.5) is 4.79 Å². The molecule has 0 spiro atoms. The van der Waals surface area contributed by atoms with Crippen molar-refractivity contribution in [3.05, 3.63) is 10.3 Å². The van der Waals surface area contributed by atoms with Gasteiger partial charge in [0.25, 0.3) is 0 Å². The van der Waals surface area contributed by atoms with Gasteiger partial charge in [0.2, 0.25) is 0 Å². The summed E-state index contributed by atoms with van der Waals surface area (Å²) in [6.45, 7) is 4.92. The lowest BCUT2D eigenvalue weighted by Gasteiger charge is -2.46. The number of nitrogens with zero attached hydrogens (tertiary/aromatic N) is 5. The van der Waals surface area contributed by atoms with Crippen LogP contribution < -0.4 is 0 Å². The Morgan fingerprint density at radius 1 is 1.25 bits per heavy atom. The molecule has 0 unspecified atom stereocenters. The van der Waals surface area contributed by atoms with Crippen molar-refractivity contribution >= 4 is 22.0 Å². The Balaban J connectivity index is 1.51. The molecule has 2 heterocycles. The third-order valence-electron chi connectivity index (χ3n) is 4.41. The number of aromatic nitrogens is 3. The van der Waals surface area contributed by atoms with E-state index in [1.807, 2.05) is 11.6 Å². The van der Waals surface area contributed by atoms with Crippen molar-refractivity contribution in [1.29, 1.82) is 0 Å². The largest absolute Gasteiger partial charge is 0.465 e. The average Bonchev–Trinajstić information content (AvgIpc) is 2.70. The molecule has 1 amide bonds. The van der Waals surface area contributed by atoms with Crippen LogP contribution in [0.5, 0.6) is 0 Å². The van der Waals surface area contributed by atoms with Gasteiger partial charge in [-0.05, 0) is 35.7 Å². The minimum Gasteiger partial charge on any atom is -0.465 e. The second-order valence-electron chi connectivity index (χ2n) is 5.49. The molecule has 0 radical (unpaired) electrons. The number of hydrogen-bond acceptors (Lipinski definition) is 4. The molecule has 1 saturated carbocycles. The molecule has 0 bridgehead atoms. The molecule has 0 aromatic carbocycles. The minimum atomic E-state index is -0.806. The van der Waals surface area contributed by atoms with Crippen molar-refractivity contribution in [1.82, 2.24) is 24.8 Å². The first-order valence-corrected chi connectivity index (χ1v) is 7.64. The van der Waals surface area contributed by atoms with Crippen molar-refractivity contribution in [3.8, 4) is 0 Å². The summed E-state index contributed by atoms with van der Waals surface area (Å²) in [5.74, 6) is 0. The van der Waals surface area contributed by atoms with Crippen LogP contribution in [0.3, 0.4) is 0 Å². The lowest BCUT2D eigenvalue weighted by molar-refractivity contribution is 0.0338. The van der Waals surface area contributed by atoms with Crippen molar-refractivity contribution < 1.29 is 9.90 Å². The van der Waals surface area contributed by atoms with Gasteiger partial charge in [-0.15, -0.1) is 5.10 Å². The first kappa shape index (κ1) is 13.8. The van der Waals surface area contributed by atoms with Crippen molar-refractivity contribution in [3.63, 3.8) is 0 Å². The summed E-state index contributed by atoms with van der Waals surface area (Å²) < 4.78 is 2.81. The summed E-state index contributed by atoms with van der Waals surface area (Å²) in [6.07, 6.45) is 1.34. The number of carbonyl (C=O) groups is 1. The van der Waals surface area contributed by atoms with Gasteiger partial charge in [0.1, 0.15) is 0 Å². The minimum absolute atomic E-state index is 0.427. The summed E-state index contributed by atoms with van der Waals surface area (Å²) in [4.78, 5) is 14.8. The van der Waals surface area contributed by atoms with Crippen LogP contribution in [0.1, 0.15) is 24.6 Å². The second kappa shape index (κ2) is 5.33. The first-order chi connectivity index (χ1) is 9.56. The normalized spacial score (nSPS) is 27.4. The second-order valence-corrected chi connectivity index (χ2v) is 6.25. The summed E-state index contributed by atoms with van der Waals surface area (Å²) >= 11 is 3.38. The van der Waals surface area contributed by atoms with E-state index in [0.29, 0.717) is 25.2 Å². The third-order valence-corrected chi connectivity index (χ3v) is 5.14. The number of halogens is 1. The maximum Gasteiger partial charge on any atom is 0.407 e.